The van der Waals surface area contributed by atoms with Gasteiger partial charge in [-0.15, -0.1) is 0 Å². The van der Waals surface area contributed by atoms with Gasteiger partial charge in [-0.25, -0.2) is 4.98 Å². The smallest absolute Gasteiger partial charge is 0.113 e. The van der Waals surface area contributed by atoms with Gasteiger partial charge in [-0.3, -0.25) is 0 Å². The Morgan fingerprint density at radius 3 is 2.73 bits per heavy atom. The zero-order chi connectivity index (χ0) is 10.8. The van der Waals surface area contributed by atoms with Crippen molar-refractivity contribution in [3.8, 4) is 0 Å². The number of nitrogens with zero attached hydrogens (tertiary/aromatic N) is 1. The molecule has 0 aliphatic carbocycles. The number of nitrogens with one attached hydrogen (secondary N) is 1. The molecule has 1 N–H and O–H groups in total. The first kappa shape index (κ1) is 9.97. The summed E-state index contributed by atoms with van der Waals surface area (Å²) in [4.78, 5) is 7.48. The van der Waals surface area contributed by atoms with Crippen LogP contribution in [0.1, 0.15) is 35.4 Å². The molecule has 1 atom stereocenters. The average molecular weight is 200 g/mol. The van der Waals surface area contributed by atoms with Gasteiger partial charge in [0.1, 0.15) is 5.82 Å². The molecule has 78 valence electrons. The highest BCUT2D eigenvalue weighted by molar-refractivity contribution is 5.35. The van der Waals surface area contributed by atoms with Crippen molar-refractivity contribution in [2.45, 2.75) is 26.7 Å². The van der Waals surface area contributed by atoms with Crippen LogP contribution in [0.15, 0.2) is 30.6 Å². The molecule has 0 amide bonds. The highest BCUT2D eigenvalue weighted by atomic mass is 14.9. The Morgan fingerprint density at radius 2 is 2.07 bits per heavy atom. The number of benzene rings is 1. The summed E-state index contributed by atoms with van der Waals surface area (Å²) in [6, 6.07) is 6.56. The Labute approximate surface area is 90.4 Å². The second-order valence-electron chi connectivity index (χ2n) is 4.06. The van der Waals surface area contributed by atoms with Gasteiger partial charge >= 0.3 is 0 Å². The van der Waals surface area contributed by atoms with Gasteiger partial charge in [0, 0.05) is 18.3 Å². The number of aromatic nitrogens is 2. The van der Waals surface area contributed by atoms with Gasteiger partial charge in [0.25, 0.3) is 0 Å². The van der Waals surface area contributed by atoms with Crippen molar-refractivity contribution in [3.05, 3.63) is 53.1 Å². The summed E-state index contributed by atoms with van der Waals surface area (Å²) in [5, 5.41) is 0. The molecule has 1 aromatic carbocycles. The summed E-state index contributed by atoms with van der Waals surface area (Å²) in [5.41, 5.74) is 3.98. The van der Waals surface area contributed by atoms with E-state index in [1.54, 1.807) is 6.20 Å². The standard InChI is InChI=1S/C13H16N2/c1-9-4-5-10(2)12(8-9)11(3)13-14-6-7-15-13/h4-8,11H,1-3H3,(H,14,15)/t11-/m1/s1. The Morgan fingerprint density at radius 1 is 1.27 bits per heavy atom. The van der Waals surface area contributed by atoms with Crippen molar-refractivity contribution in [2.75, 3.05) is 0 Å². The highest BCUT2D eigenvalue weighted by Crippen LogP contribution is 2.24. The fourth-order valence-corrected chi connectivity index (χ4v) is 1.89. The molecule has 2 rings (SSSR count). The molecule has 0 saturated carbocycles. The molecular formula is C13H16N2. The Balaban J connectivity index is 2.41. The largest absolute Gasteiger partial charge is 0.348 e. The summed E-state index contributed by atoms with van der Waals surface area (Å²) in [6.45, 7) is 6.45. The molecule has 0 aliphatic heterocycles. The van der Waals surface area contributed by atoms with E-state index in [9.17, 15) is 0 Å². The van der Waals surface area contributed by atoms with E-state index in [1.807, 2.05) is 6.20 Å². The molecule has 0 radical (unpaired) electrons. The second kappa shape index (κ2) is 3.89. The normalized spacial score (nSPS) is 12.7. The molecule has 0 bridgehead atoms. The molecule has 0 fully saturated rings. The highest BCUT2D eigenvalue weighted by Gasteiger charge is 2.12. The molecule has 0 spiro atoms. The molecule has 0 unspecified atom stereocenters. The van der Waals surface area contributed by atoms with Crippen molar-refractivity contribution in [1.29, 1.82) is 0 Å². The molecule has 0 saturated heterocycles. The predicted octanol–water partition coefficient (Wildman–Crippen LogP) is 3.18. The van der Waals surface area contributed by atoms with E-state index in [-0.39, 0.29) is 0 Å². The lowest BCUT2D eigenvalue weighted by Gasteiger charge is -2.13. The summed E-state index contributed by atoms with van der Waals surface area (Å²) in [6.07, 6.45) is 3.67. The van der Waals surface area contributed by atoms with Crippen molar-refractivity contribution >= 4 is 0 Å². The van der Waals surface area contributed by atoms with Crippen LogP contribution in [0.3, 0.4) is 0 Å². The zero-order valence-corrected chi connectivity index (χ0v) is 9.41. The van der Waals surface area contributed by atoms with E-state index in [2.05, 4.69) is 48.9 Å². The SMILES string of the molecule is Cc1ccc(C)c([C@@H](C)c2ncc[nH]2)c1. The van der Waals surface area contributed by atoms with Crippen molar-refractivity contribution in [2.24, 2.45) is 0 Å². The van der Waals surface area contributed by atoms with E-state index in [1.165, 1.54) is 16.7 Å². The molecule has 2 aromatic rings. The van der Waals surface area contributed by atoms with Crippen LogP contribution < -0.4 is 0 Å². The average Bonchev–Trinajstić information content (AvgIpc) is 2.74. The van der Waals surface area contributed by atoms with Gasteiger partial charge in [0.15, 0.2) is 0 Å². The first-order valence-corrected chi connectivity index (χ1v) is 5.25. The number of hydrogen-bond acceptors (Lipinski definition) is 1. The minimum atomic E-state index is 0.333. The lowest BCUT2D eigenvalue weighted by atomic mass is 9.94. The van der Waals surface area contributed by atoms with Crippen molar-refractivity contribution in [3.63, 3.8) is 0 Å². The van der Waals surface area contributed by atoms with Gasteiger partial charge in [0.2, 0.25) is 0 Å². The van der Waals surface area contributed by atoms with Crippen LogP contribution in [-0.4, -0.2) is 9.97 Å². The van der Waals surface area contributed by atoms with Crippen molar-refractivity contribution < 1.29 is 0 Å². The number of hydrogen-bond donors (Lipinski definition) is 1. The van der Waals surface area contributed by atoms with Crippen LogP contribution in [0.25, 0.3) is 0 Å². The predicted molar refractivity (Wildman–Crippen MR) is 62.0 cm³/mol. The quantitative estimate of drug-likeness (QED) is 0.792. The van der Waals surface area contributed by atoms with Gasteiger partial charge in [0.05, 0.1) is 0 Å². The molecular weight excluding hydrogens is 184 g/mol. The molecule has 2 nitrogen and oxygen atoms in total. The monoisotopic (exact) mass is 200 g/mol. The minimum absolute atomic E-state index is 0.333. The van der Waals surface area contributed by atoms with Crippen LogP contribution in [0, 0.1) is 13.8 Å². The second-order valence-corrected chi connectivity index (χ2v) is 4.06. The summed E-state index contributed by atoms with van der Waals surface area (Å²) in [7, 11) is 0. The fraction of sp³-hybridized carbons (Fsp3) is 0.308. The number of H-pyrrole nitrogens is 1. The third-order valence-corrected chi connectivity index (χ3v) is 2.83. The maximum atomic E-state index is 4.31. The third kappa shape index (κ3) is 1.94. The van der Waals surface area contributed by atoms with Crippen LogP contribution in [0.2, 0.25) is 0 Å². The molecule has 15 heavy (non-hydrogen) atoms. The van der Waals surface area contributed by atoms with Gasteiger partial charge in [-0.2, -0.15) is 0 Å². The number of aromatic amines is 1. The van der Waals surface area contributed by atoms with Crippen molar-refractivity contribution in [1.82, 2.24) is 9.97 Å². The van der Waals surface area contributed by atoms with Gasteiger partial charge in [-0.1, -0.05) is 30.7 Å². The molecule has 1 heterocycles. The van der Waals surface area contributed by atoms with E-state index < -0.39 is 0 Å². The Kier molecular flexibility index (Phi) is 2.58. The molecule has 0 aliphatic rings. The van der Waals surface area contributed by atoms with Crippen LogP contribution >= 0.6 is 0 Å². The number of aryl methyl sites for hydroxylation is 2. The van der Waals surface area contributed by atoms with Crippen LogP contribution in [-0.2, 0) is 0 Å². The lowest BCUT2D eigenvalue weighted by molar-refractivity contribution is 0.831. The Hall–Kier alpha value is -1.57. The zero-order valence-electron chi connectivity index (χ0n) is 9.41. The maximum absolute atomic E-state index is 4.31. The van der Waals surface area contributed by atoms with Gasteiger partial charge < -0.3 is 4.98 Å². The summed E-state index contributed by atoms with van der Waals surface area (Å²) < 4.78 is 0. The number of imidazole rings is 1. The van der Waals surface area contributed by atoms with E-state index in [4.69, 9.17) is 0 Å². The summed E-state index contributed by atoms with van der Waals surface area (Å²) >= 11 is 0. The third-order valence-electron chi connectivity index (χ3n) is 2.83. The maximum Gasteiger partial charge on any atom is 0.113 e. The van der Waals surface area contributed by atoms with E-state index >= 15 is 0 Å². The number of rotatable bonds is 2. The lowest BCUT2D eigenvalue weighted by Crippen LogP contribution is -2.01. The fourth-order valence-electron chi connectivity index (χ4n) is 1.89. The first-order valence-electron chi connectivity index (χ1n) is 5.25. The first-order chi connectivity index (χ1) is 7.18. The van der Waals surface area contributed by atoms with E-state index in [0.717, 1.165) is 5.82 Å². The van der Waals surface area contributed by atoms with Crippen LogP contribution in [0.5, 0.6) is 0 Å². The van der Waals surface area contributed by atoms with Gasteiger partial charge in [-0.05, 0) is 25.0 Å². The molecule has 1 aromatic heterocycles. The molecule has 2 heteroatoms. The van der Waals surface area contributed by atoms with Crippen LogP contribution in [0.4, 0.5) is 0 Å². The minimum Gasteiger partial charge on any atom is -0.348 e. The Bertz CT molecular complexity index is 444. The van der Waals surface area contributed by atoms with E-state index in [0.29, 0.717) is 5.92 Å². The summed E-state index contributed by atoms with van der Waals surface area (Å²) in [5.74, 6) is 1.36. The topological polar surface area (TPSA) is 28.7 Å².